The molecule has 3 rings (SSSR count). The summed E-state index contributed by atoms with van der Waals surface area (Å²) in [5, 5.41) is 3.20. The summed E-state index contributed by atoms with van der Waals surface area (Å²) in [7, 11) is 1.99. The summed E-state index contributed by atoms with van der Waals surface area (Å²) in [5.41, 5.74) is 1.90. The molecule has 1 aromatic carbocycles. The molecule has 1 amide bonds. The normalized spacial score (nSPS) is 15.1. The summed E-state index contributed by atoms with van der Waals surface area (Å²) in [6, 6.07) is 11.8. The van der Waals surface area contributed by atoms with E-state index in [-0.39, 0.29) is 18.3 Å². The first-order valence-electron chi connectivity index (χ1n) is 8.36. The number of carbonyl (C=O) groups is 1. The van der Waals surface area contributed by atoms with Crippen LogP contribution in [0.25, 0.3) is 11.1 Å². The lowest BCUT2D eigenvalue weighted by molar-refractivity contribution is 0.0656. The predicted molar refractivity (Wildman–Crippen MR) is 98.6 cm³/mol. The molecule has 24 heavy (non-hydrogen) atoms. The van der Waals surface area contributed by atoms with Gasteiger partial charge in [0.1, 0.15) is 0 Å². The van der Waals surface area contributed by atoms with Gasteiger partial charge in [-0.25, -0.2) is 0 Å². The number of hydrogen-bond donors (Lipinski definition) is 1. The zero-order chi connectivity index (χ0) is 16.1. The van der Waals surface area contributed by atoms with Gasteiger partial charge in [-0.05, 0) is 50.4 Å². The van der Waals surface area contributed by atoms with Gasteiger partial charge in [0, 0.05) is 18.7 Å². The van der Waals surface area contributed by atoms with E-state index in [2.05, 4.69) is 5.32 Å². The topological polar surface area (TPSA) is 45.5 Å². The minimum absolute atomic E-state index is 0. The monoisotopic (exact) mass is 348 g/mol. The molecular formula is C19H25ClN2O2. The molecule has 1 saturated heterocycles. The number of piperidine rings is 1. The van der Waals surface area contributed by atoms with Crippen LogP contribution in [0.3, 0.4) is 0 Å². The Morgan fingerprint density at radius 1 is 1.21 bits per heavy atom. The number of likely N-dealkylation sites (tertiary alicyclic amines) is 1. The zero-order valence-electron chi connectivity index (χ0n) is 14.0. The third-order valence-corrected chi connectivity index (χ3v) is 4.65. The summed E-state index contributed by atoms with van der Waals surface area (Å²) in [5.74, 6) is 1.20. The van der Waals surface area contributed by atoms with Crippen molar-refractivity contribution in [1.82, 2.24) is 10.2 Å². The highest BCUT2D eigenvalue weighted by molar-refractivity contribution is 5.98. The fraction of sp³-hybridized carbons (Fsp3) is 0.421. The Morgan fingerprint density at radius 3 is 2.58 bits per heavy atom. The van der Waals surface area contributed by atoms with Crippen LogP contribution in [0.2, 0.25) is 0 Å². The van der Waals surface area contributed by atoms with Crippen LogP contribution in [0.5, 0.6) is 0 Å². The van der Waals surface area contributed by atoms with Crippen molar-refractivity contribution in [3.63, 3.8) is 0 Å². The average molecular weight is 349 g/mol. The average Bonchev–Trinajstić information content (AvgIpc) is 3.10. The van der Waals surface area contributed by atoms with Crippen LogP contribution < -0.4 is 5.32 Å². The molecule has 1 N–H and O–H groups in total. The van der Waals surface area contributed by atoms with Crippen molar-refractivity contribution in [2.75, 3.05) is 26.7 Å². The maximum absolute atomic E-state index is 12.8. The van der Waals surface area contributed by atoms with Crippen LogP contribution in [0.1, 0.15) is 29.8 Å². The molecule has 2 aromatic rings. The SMILES string of the molecule is CNCCC1CCN(C(=O)c2occc2-c2ccccc2)CC1.Cl. The number of hydrogen-bond acceptors (Lipinski definition) is 3. The lowest BCUT2D eigenvalue weighted by Crippen LogP contribution is -2.39. The molecule has 2 heterocycles. The number of amides is 1. The number of nitrogens with one attached hydrogen (secondary N) is 1. The largest absolute Gasteiger partial charge is 0.459 e. The standard InChI is InChI=1S/C19H24N2O2.ClH/c1-20-11-7-15-8-12-21(13-9-15)19(22)18-17(10-14-23-18)16-5-3-2-4-6-16;/h2-6,10,14-15,20H,7-9,11-13H2,1H3;1H. The van der Waals surface area contributed by atoms with Gasteiger partial charge in [-0.1, -0.05) is 30.3 Å². The minimum Gasteiger partial charge on any atom is -0.459 e. The van der Waals surface area contributed by atoms with Gasteiger partial charge in [0.2, 0.25) is 0 Å². The predicted octanol–water partition coefficient (Wildman–Crippen LogP) is 3.83. The fourth-order valence-electron chi connectivity index (χ4n) is 3.24. The van der Waals surface area contributed by atoms with Crippen molar-refractivity contribution >= 4 is 18.3 Å². The molecule has 1 aliphatic rings. The Labute approximate surface area is 149 Å². The highest BCUT2D eigenvalue weighted by Crippen LogP contribution is 2.28. The van der Waals surface area contributed by atoms with E-state index < -0.39 is 0 Å². The van der Waals surface area contributed by atoms with Crippen molar-refractivity contribution < 1.29 is 9.21 Å². The summed E-state index contributed by atoms with van der Waals surface area (Å²) >= 11 is 0. The molecule has 0 spiro atoms. The molecule has 0 bridgehead atoms. The van der Waals surface area contributed by atoms with Crippen LogP contribution in [-0.4, -0.2) is 37.5 Å². The molecule has 1 fully saturated rings. The Morgan fingerprint density at radius 2 is 1.92 bits per heavy atom. The van der Waals surface area contributed by atoms with E-state index in [0.29, 0.717) is 5.76 Å². The molecule has 1 aliphatic heterocycles. The van der Waals surface area contributed by atoms with Crippen molar-refractivity contribution in [2.24, 2.45) is 5.92 Å². The van der Waals surface area contributed by atoms with E-state index in [4.69, 9.17) is 4.42 Å². The third-order valence-electron chi connectivity index (χ3n) is 4.65. The van der Waals surface area contributed by atoms with Crippen molar-refractivity contribution in [1.29, 1.82) is 0 Å². The molecular weight excluding hydrogens is 324 g/mol. The minimum atomic E-state index is 0. The molecule has 1 aromatic heterocycles. The first-order chi connectivity index (χ1) is 11.3. The summed E-state index contributed by atoms with van der Waals surface area (Å²) < 4.78 is 5.52. The molecule has 130 valence electrons. The molecule has 0 atom stereocenters. The van der Waals surface area contributed by atoms with Gasteiger partial charge >= 0.3 is 0 Å². The molecule has 4 nitrogen and oxygen atoms in total. The van der Waals surface area contributed by atoms with Gasteiger partial charge in [0.25, 0.3) is 5.91 Å². The molecule has 0 unspecified atom stereocenters. The maximum Gasteiger partial charge on any atom is 0.290 e. The molecule has 5 heteroatoms. The first kappa shape index (κ1) is 18.6. The molecule has 0 radical (unpaired) electrons. The van der Waals surface area contributed by atoms with Crippen LogP contribution in [0, 0.1) is 5.92 Å². The fourth-order valence-corrected chi connectivity index (χ4v) is 3.24. The van der Waals surface area contributed by atoms with Gasteiger partial charge in [0.05, 0.1) is 6.26 Å². The van der Waals surface area contributed by atoms with Crippen molar-refractivity contribution in [2.45, 2.75) is 19.3 Å². The molecule has 0 aliphatic carbocycles. The van der Waals surface area contributed by atoms with Crippen molar-refractivity contribution in [3.8, 4) is 11.1 Å². The third kappa shape index (κ3) is 4.19. The van der Waals surface area contributed by atoms with Gasteiger partial charge < -0.3 is 14.6 Å². The van der Waals surface area contributed by atoms with Gasteiger partial charge in [0.15, 0.2) is 5.76 Å². The van der Waals surface area contributed by atoms with Crippen LogP contribution in [0.4, 0.5) is 0 Å². The quantitative estimate of drug-likeness (QED) is 0.893. The number of carbonyl (C=O) groups excluding carboxylic acids is 1. The summed E-state index contributed by atoms with van der Waals surface area (Å²) in [6.45, 7) is 2.69. The summed E-state index contributed by atoms with van der Waals surface area (Å²) in [6.07, 6.45) is 4.95. The van der Waals surface area contributed by atoms with E-state index in [1.165, 1.54) is 6.42 Å². The number of nitrogens with zero attached hydrogens (tertiary/aromatic N) is 1. The van der Waals surface area contributed by atoms with Crippen LogP contribution in [0.15, 0.2) is 47.1 Å². The Balaban J connectivity index is 0.00000208. The number of rotatable bonds is 5. The second kappa shape index (κ2) is 8.90. The highest BCUT2D eigenvalue weighted by Gasteiger charge is 2.27. The zero-order valence-corrected chi connectivity index (χ0v) is 14.8. The molecule has 0 saturated carbocycles. The second-order valence-corrected chi connectivity index (χ2v) is 6.16. The van der Waals surface area contributed by atoms with E-state index in [0.717, 1.165) is 49.5 Å². The van der Waals surface area contributed by atoms with E-state index in [9.17, 15) is 4.79 Å². The Bertz CT molecular complexity index is 634. The summed E-state index contributed by atoms with van der Waals surface area (Å²) in [4.78, 5) is 14.7. The Kier molecular flexibility index (Phi) is 6.88. The lowest BCUT2D eigenvalue weighted by Gasteiger charge is -2.31. The van der Waals surface area contributed by atoms with Gasteiger partial charge in [-0.15, -0.1) is 12.4 Å². The van der Waals surface area contributed by atoms with E-state index in [1.807, 2.05) is 48.3 Å². The van der Waals surface area contributed by atoms with E-state index >= 15 is 0 Å². The number of halogens is 1. The highest BCUT2D eigenvalue weighted by atomic mass is 35.5. The van der Waals surface area contributed by atoms with E-state index in [1.54, 1.807) is 6.26 Å². The number of furan rings is 1. The van der Waals surface area contributed by atoms with Crippen LogP contribution >= 0.6 is 12.4 Å². The second-order valence-electron chi connectivity index (χ2n) is 6.16. The Hall–Kier alpha value is -1.78. The first-order valence-corrected chi connectivity index (χ1v) is 8.36. The smallest absolute Gasteiger partial charge is 0.290 e. The van der Waals surface area contributed by atoms with Gasteiger partial charge in [-0.2, -0.15) is 0 Å². The lowest BCUT2D eigenvalue weighted by atomic mass is 9.93. The van der Waals surface area contributed by atoms with Gasteiger partial charge in [-0.3, -0.25) is 4.79 Å². The number of benzene rings is 1. The van der Waals surface area contributed by atoms with Crippen LogP contribution in [-0.2, 0) is 0 Å². The maximum atomic E-state index is 12.8. The van der Waals surface area contributed by atoms with Crippen molar-refractivity contribution in [3.05, 3.63) is 48.4 Å².